The summed E-state index contributed by atoms with van der Waals surface area (Å²) in [6.45, 7) is 4.43. The standard InChI is InChI=1S/C6H9As/c1-5-3-4-6(2)7-5/h3-4,7H,1-2H3. The predicted molar refractivity (Wildman–Crippen MR) is 34.7 cm³/mol. The van der Waals surface area contributed by atoms with E-state index in [0.29, 0.717) is 0 Å². The third kappa shape index (κ3) is 1.21. The van der Waals surface area contributed by atoms with E-state index in [4.69, 9.17) is 0 Å². The van der Waals surface area contributed by atoms with Crippen LogP contribution in [0.2, 0.25) is 0 Å². The Balaban J connectivity index is 2.61. The van der Waals surface area contributed by atoms with Crippen LogP contribution in [-0.4, -0.2) is 15.8 Å². The molecule has 38 valence electrons. The third-order valence-electron chi connectivity index (χ3n) is 0.978. The second kappa shape index (κ2) is 1.88. The van der Waals surface area contributed by atoms with Crippen LogP contribution in [0.3, 0.4) is 0 Å². The first-order valence-electron chi connectivity index (χ1n) is 2.41. The average molecular weight is 156 g/mol. The molecule has 0 amide bonds. The molecular formula is C6H9As. The molecule has 0 aromatic heterocycles. The van der Waals surface area contributed by atoms with Gasteiger partial charge in [0.05, 0.1) is 0 Å². The number of allylic oxidation sites excluding steroid dienone is 4. The van der Waals surface area contributed by atoms with Crippen LogP contribution in [0.15, 0.2) is 20.9 Å². The van der Waals surface area contributed by atoms with Gasteiger partial charge < -0.3 is 0 Å². The Morgan fingerprint density at radius 2 is 1.57 bits per heavy atom. The van der Waals surface area contributed by atoms with Crippen LogP contribution in [0.5, 0.6) is 0 Å². The van der Waals surface area contributed by atoms with Crippen LogP contribution >= 0.6 is 0 Å². The van der Waals surface area contributed by atoms with Crippen LogP contribution in [0.25, 0.3) is 0 Å². The second-order valence-electron chi connectivity index (χ2n) is 1.82. The van der Waals surface area contributed by atoms with Gasteiger partial charge in [-0.25, -0.2) is 0 Å². The van der Waals surface area contributed by atoms with Gasteiger partial charge in [-0.15, -0.1) is 0 Å². The van der Waals surface area contributed by atoms with E-state index in [1.54, 1.807) is 8.72 Å². The van der Waals surface area contributed by atoms with Crippen LogP contribution in [0, 0.1) is 0 Å². The summed E-state index contributed by atoms with van der Waals surface area (Å²) in [5.41, 5.74) is 0. The first-order chi connectivity index (χ1) is 3.29. The Labute approximate surface area is 51.0 Å². The van der Waals surface area contributed by atoms with E-state index >= 15 is 0 Å². The molecule has 0 nitrogen and oxygen atoms in total. The van der Waals surface area contributed by atoms with Gasteiger partial charge in [0, 0.05) is 0 Å². The van der Waals surface area contributed by atoms with Crippen molar-refractivity contribution in [1.82, 2.24) is 0 Å². The molecule has 1 heterocycles. The maximum absolute atomic E-state index is 2.23. The second-order valence-corrected chi connectivity index (χ2v) is 5.66. The summed E-state index contributed by atoms with van der Waals surface area (Å²) in [4.78, 5) is 0. The normalized spacial score (nSPS) is 19.1. The summed E-state index contributed by atoms with van der Waals surface area (Å²) in [6.07, 6.45) is 4.46. The summed E-state index contributed by atoms with van der Waals surface area (Å²) in [7, 11) is 0. The molecule has 1 heteroatoms. The van der Waals surface area contributed by atoms with Crippen molar-refractivity contribution >= 4 is 15.8 Å². The zero-order valence-electron chi connectivity index (χ0n) is 4.65. The van der Waals surface area contributed by atoms with Gasteiger partial charge in [-0.05, 0) is 0 Å². The van der Waals surface area contributed by atoms with Crippen molar-refractivity contribution < 1.29 is 0 Å². The fraction of sp³-hybridized carbons (Fsp3) is 0.333. The van der Waals surface area contributed by atoms with Gasteiger partial charge in [0.25, 0.3) is 0 Å². The summed E-state index contributed by atoms with van der Waals surface area (Å²) >= 11 is 0.222. The quantitative estimate of drug-likeness (QED) is 0.463. The number of hydrogen-bond acceptors (Lipinski definition) is 0. The van der Waals surface area contributed by atoms with Gasteiger partial charge in [0.1, 0.15) is 0 Å². The van der Waals surface area contributed by atoms with Crippen LogP contribution in [0.1, 0.15) is 13.8 Å². The van der Waals surface area contributed by atoms with Crippen molar-refractivity contribution in [3.05, 3.63) is 20.9 Å². The van der Waals surface area contributed by atoms with Crippen LogP contribution in [0.4, 0.5) is 0 Å². The summed E-state index contributed by atoms with van der Waals surface area (Å²) in [5.74, 6) is 0. The number of rotatable bonds is 0. The summed E-state index contributed by atoms with van der Waals surface area (Å²) in [5, 5.41) is 0. The van der Waals surface area contributed by atoms with Crippen LogP contribution < -0.4 is 0 Å². The van der Waals surface area contributed by atoms with E-state index in [1.807, 2.05) is 0 Å². The molecule has 1 rings (SSSR count). The van der Waals surface area contributed by atoms with Crippen molar-refractivity contribution in [2.75, 3.05) is 0 Å². The molecule has 0 unspecified atom stereocenters. The molecule has 0 N–H and O–H groups in total. The molecule has 0 spiro atoms. The molecule has 0 saturated carbocycles. The Kier molecular flexibility index (Phi) is 1.39. The Morgan fingerprint density at radius 3 is 1.71 bits per heavy atom. The maximum atomic E-state index is 2.23. The van der Waals surface area contributed by atoms with Crippen molar-refractivity contribution in [3.8, 4) is 0 Å². The fourth-order valence-electron chi connectivity index (χ4n) is 0.644. The van der Waals surface area contributed by atoms with Gasteiger partial charge >= 0.3 is 50.5 Å². The van der Waals surface area contributed by atoms with E-state index in [0.717, 1.165) is 0 Å². The Hall–Kier alpha value is 0.0384. The molecule has 7 heavy (non-hydrogen) atoms. The zero-order valence-corrected chi connectivity index (χ0v) is 6.75. The van der Waals surface area contributed by atoms with Gasteiger partial charge in [-0.3, -0.25) is 0 Å². The van der Waals surface area contributed by atoms with E-state index < -0.39 is 0 Å². The fourth-order valence-corrected chi connectivity index (χ4v) is 2.65. The molecule has 0 atom stereocenters. The zero-order chi connectivity index (χ0) is 5.28. The topological polar surface area (TPSA) is 0 Å². The first kappa shape index (κ1) is 5.18. The van der Waals surface area contributed by atoms with Crippen molar-refractivity contribution in [2.45, 2.75) is 13.8 Å². The summed E-state index contributed by atoms with van der Waals surface area (Å²) in [6, 6.07) is 0. The molecular weight excluding hydrogens is 147 g/mol. The first-order valence-corrected chi connectivity index (χ1v) is 4.51. The minimum atomic E-state index is 0.222. The molecule has 0 bridgehead atoms. The SMILES string of the molecule is CC1=CC=C(C)[AsH]1. The average Bonchev–Trinajstić information content (AvgIpc) is 1.87. The molecule has 0 radical (unpaired) electrons. The predicted octanol–water partition coefficient (Wildman–Crippen LogP) is 1.24. The van der Waals surface area contributed by atoms with Gasteiger partial charge in [0.2, 0.25) is 0 Å². The Bertz CT molecular complexity index is 115. The Morgan fingerprint density at radius 1 is 1.14 bits per heavy atom. The van der Waals surface area contributed by atoms with E-state index in [9.17, 15) is 0 Å². The van der Waals surface area contributed by atoms with E-state index in [-0.39, 0.29) is 15.8 Å². The molecule has 1 aliphatic rings. The third-order valence-corrected chi connectivity index (χ3v) is 3.33. The molecule has 0 fully saturated rings. The van der Waals surface area contributed by atoms with Crippen molar-refractivity contribution in [2.24, 2.45) is 0 Å². The van der Waals surface area contributed by atoms with Crippen molar-refractivity contribution in [1.29, 1.82) is 0 Å². The minimum absolute atomic E-state index is 0.222. The molecule has 0 aromatic carbocycles. The van der Waals surface area contributed by atoms with Crippen molar-refractivity contribution in [3.63, 3.8) is 0 Å². The molecule has 1 aliphatic heterocycles. The monoisotopic (exact) mass is 156 g/mol. The summed E-state index contributed by atoms with van der Waals surface area (Å²) < 4.78 is 3.22. The number of hydrogen-bond donors (Lipinski definition) is 0. The van der Waals surface area contributed by atoms with Gasteiger partial charge in [-0.2, -0.15) is 0 Å². The van der Waals surface area contributed by atoms with Gasteiger partial charge in [-0.1, -0.05) is 0 Å². The molecule has 0 aliphatic carbocycles. The van der Waals surface area contributed by atoms with E-state index in [1.165, 1.54) is 0 Å². The van der Waals surface area contributed by atoms with Gasteiger partial charge in [0.15, 0.2) is 0 Å². The van der Waals surface area contributed by atoms with E-state index in [2.05, 4.69) is 26.0 Å². The van der Waals surface area contributed by atoms with Crippen LogP contribution in [-0.2, 0) is 0 Å². The molecule has 0 saturated heterocycles. The molecule has 0 aromatic rings.